The van der Waals surface area contributed by atoms with Gasteiger partial charge in [0.1, 0.15) is 37.2 Å². The van der Waals surface area contributed by atoms with Crippen molar-refractivity contribution >= 4 is 0 Å². The van der Waals surface area contributed by atoms with Crippen LogP contribution >= 0.6 is 0 Å². The average molecular weight is 1030 g/mol. The number of imidazole rings is 3. The topological polar surface area (TPSA) is 59.0 Å². The number of hydrogen-bond donors (Lipinski definition) is 3. The van der Waals surface area contributed by atoms with Gasteiger partial charge in [-0.2, -0.15) is 0 Å². The first-order valence-corrected chi connectivity index (χ1v) is 18.5. The van der Waals surface area contributed by atoms with Gasteiger partial charge in [-0.25, -0.2) is 13.7 Å². The highest BCUT2D eigenvalue weighted by atomic mass is 127. The van der Waals surface area contributed by atoms with Gasteiger partial charge in [-0.1, -0.05) is 113 Å². The minimum atomic E-state index is 0. The molecule has 0 amide bonds. The molecule has 0 bridgehead atoms. The molecule has 3 N–H and O–H groups in total. The fourth-order valence-corrected chi connectivity index (χ4v) is 7.34. The third-order valence-corrected chi connectivity index (χ3v) is 10.9. The maximum Gasteiger partial charge on any atom is 0.241 e. The molecule has 3 aromatic rings. The van der Waals surface area contributed by atoms with Gasteiger partial charge in [0.25, 0.3) is 0 Å². The van der Waals surface area contributed by atoms with Crippen molar-refractivity contribution in [3.63, 3.8) is 0 Å². The van der Waals surface area contributed by atoms with E-state index in [1.165, 1.54) is 57.8 Å². The van der Waals surface area contributed by atoms with Gasteiger partial charge in [0.05, 0.1) is 19.6 Å². The van der Waals surface area contributed by atoms with E-state index in [-0.39, 0.29) is 71.9 Å². The van der Waals surface area contributed by atoms with Crippen LogP contribution in [0.2, 0.25) is 0 Å². The van der Waals surface area contributed by atoms with Crippen molar-refractivity contribution in [2.24, 2.45) is 16.2 Å². The molecule has 282 valence electrons. The standard InChI is InChI=1S/3C14H20N2.3HI/c3*1-3-13-6-5-7-14(4-2,10-13)11-16-9-8-15-12-16;;;/h3*5-9,12H,3-4,10-11H2,1-2H3;3*1H. The van der Waals surface area contributed by atoms with Crippen molar-refractivity contribution in [1.82, 2.24) is 15.0 Å². The summed E-state index contributed by atoms with van der Waals surface area (Å²) in [5.41, 5.74) is 5.65. The third kappa shape index (κ3) is 14.2. The zero-order valence-electron chi connectivity index (χ0n) is 31.9. The Morgan fingerprint density at radius 3 is 0.941 bits per heavy atom. The Morgan fingerprint density at radius 2 is 0.745 bits per heavy atom. The highest BCUT2D eigenvalue weighted by Crippen LogP contribution is 2.38. The van der Waals surface area contributed by atoms with Gasteiger partial charge in [-0.15, -0.1) is 0 Å². The van der Waals surface area contributed by atoms with Crippen molar-refractivity contribution in [2.45, 2.75) is 119 Å². The molecule has 6 nitrogen and oxygen atoms in total. The summed E-state index contributed by atoms with van der Waals surface area (Å²) < 4.78 is 6.73. The van der Waals surface area contributed by atoms with Gasteiger partial charge < -0.3 is 71.9 Å². The number of hydrogen-bond acceptors (Lipinski definition) is 0. The summed E-state index contributed by atoms with van der Waals surface area (Å²) in [5, 5.41) is 0. The number of H-pyrrole nitrogens is 3. The van der Waals surface area contributed by atoms with Crippen LogP contribution in [0, 0.1) is 16.2 Å². The summed E-state index contributed by atoms with van der Waals surface area (Å²) in [6.45, 7) is 16.8. The molecule has 3 aromatic heterocycles. The molecule has 0 radical (unpaired) electrons. The second-order valence-electron chi connectivity index (χ2n) is 14.1. The van der Waals surface area contributed by atoms with Crippen LogP contribution in [-0.4, -0.2) is 15.0 Å². The van der Waals surface area contributed by atoms with E-state index in [1.54, 1.807) is 16.7 Å². The molecule has 3 unspecified atom stereocenters. The molecule has 3 aliphatic rings. The van der Waals surface area contributed by atoms with Crippen molar-refractivity contribution in [2.75, 3.05) is 0 Å². The number of nitrogens with one attached hydrogen (secondary N) is 3. The molecule has 3 aliphatic carbocycles. The summed E-state index contributed by atoms with van der Waals surface area (Å²) in [6.07, 6.45) is 49.7. The van der Waals surface area contributed by atoms with E-state index in [2.05, 4.69) is 143 Å². The van der Waals surface area contributed by atoms with Gasteiger partial charge >= 0.3 is 0 Å². The molecule has 0 aromatic carbocycles. The first-order valence-electron chi connectivity index (χ1n) is 18.5. The van der Waals surface area contributed by atoms with E-state index in [9.17, 15) is 0 Å². The largest absolute Gasteiger partial charge is 1.00 e. The molecule has 51 heavy (non-hydrogen) atoms. The lowest BCUT2D eigenvalue weighted by molar-refractivity contribution is -0.706. The normalized spacial score (nSPS) is 23.1. The predicted molar refractivity (Wildman–Crippen MR) is 198 cm³/mol. The van der Waals surface area contributed by atoms with E-state index >= 15 is 0 Å². The van der Waals surface area contributed by atoms with E-state index in [0.29, 0.717) is 16.2 Å². The number of allylic oxidation sites excluding steroid dienone is 12. The van der Waals surface area contributed by atoms with Crippen LogP contribution in [0.25, 0.3) is 0 Å². The van der Waals surface area contributed by atoms with Crippen LogP contribution in [0.1, 0.15) is 99.3 Å². The SMILES string of the molecule is CCC1=CC=CC(CC)(C[n+]2cc[nH]c2)C1.CCC1=CC=CC(CC)(C[n+]2cc[nH]c2)C1.CCC1=CC=CC(CC)(C[n+]2cc[nH]c2)C1.[I-].[I-].[I-]. The molecule has 0 saturated carbocycles. The summed E-state index contributed by atoms with van der Waals surface area (Å²) in [7, 11) is 0. The maximum atomic E-state index is 3.11. The zero-order valence-corrected chi connectivity index (χ0v) is 38.3. The summed E-state index contributed by atoms with van der Waals surface area (Å²) >= 11 is 0. The van der Waals surface area contributed by atoms with Gasteiger partial charge in [0, 0.05) is 16.2 Å². The lowest BCUT2D eigenvalue weighted by atomic mass is 9.75. The van der Waals surface area contributed by atoms with Crippen molar-refractivity contribution < 1.29 is 85.6 Å². The van der Waals surface area contributed by atoms with Crippen molar-refractivity contribution in [3.8, 4) is 0 Å². The number of halogens is 3. The molecule has 9 heteroatoms. The fourth-order valence-electron chi connectivity index (χ4n) is 7.34. The Morgan fingerprint density at radius 1 is 0.471 bits per heavy atom. The second kappa shape index (κ2) is 23.8. The first-order chi connectivity index (χ1) is 23.3. The Balaban J connectivity index is 0.000000372. The van der Waals surface area contributed by atoms with Crippen LogP contribution < -0.4 is 85.6 Å². The van der Waals surface area contributed by atoms with Crippen molar-refractivity contribution in [3.05, 3.63) is 128 Å². The average Bonchev–Trinajstić information content (AvgIpc) is 3.95. The van der Waals surface area contributed by atoms with Crippen molar-refractivity contribution in [1.29, 1.82) is 0 Å². The second-order valence-corrected chi connectivity index (χ2v) is 14.1. The van der Waals surface area contributed by atoms with Gasteiger partial charge in [-0.05, 0) is 57.8 Å². The lowest BCUT2D eigenvalue weighted by Gasteiger charge is -2.31. The highest BCUT2D eigenvalue weighted by Gasteiger charge is 2.32. The highest BCUT2D eigenvalue weighted by molar-refractivity contribution is 5.24. The number of nitrogens with zero attached hydrogens (tertiary/aromatic N) is 3. The zero-order chi connectivity index (χ0) is 34.3. The Bertz CT molecular complexity index is 1360. The van der Waals surface area contributed by atoms with Crippen LogP contribution in [0.3, 0.4) is 0 Å². The number of rotatable bonds is 12. The van der Waals surface area contributed by atoms with Crippen LogP contribution in [0.15, 0.2) is 128 Å². The van der Waals surface area contributed by atoms with E-state index in [1.807, 2.05) is 37.6 Å². The van der Waals surface area contributed by atoms with Gasteiger partial charge in [0.15, 0.2) is 0 Å². The molecule has 0 spiro atoms. The van der Waals surface area contributed by atoms with Crippen LogP contribution in [-0.2, 0) is 19.6 Å². The molecule has 3 heterocycles. The number of aromatic nitrogens is 6. The van der Waals surface area contributed by atoms with E-state index in [4.69, 9.17) is 0 Å². The molecule has 0 aliphatic heterocycles. The Kier molecular flexibility index (Phi) is 22.1. The summed E-state index contributed by atoms with van der Waals surface area (Å²) in [4.78, 5) is 9.33. The molecule has 0 fully saturated rings. The summed E-state index contributed by atoms with van der Waals surface area (Å²) in [6, 6.07) is 0. The molecular formula is C42H63I3N6. The minimum absolute atomic E-state index is 0. The quantitative estimate of drug-likeness (QED) is 0.169. The molecular weight excluding hydrogens is 969 g/mol. The minimum Gasteiger partial charge on any atom is -1.00 e. The third-order valence-electron chi connectivity index (χ3n) is 10.9. The fraction of sp³-hybridized carbons (Fsp3) is 0.500. The Hall–Kier alpha value is -1.74. The van der Waals surface area contributed by atoms with Gasteiger partial charge in [-0.3, -0.25) is 15.0 Å². The predicted octanol–water partition coefficient (Wildman–Crippen LogP) is -0.00330. The van der Waals surface area contributed by atoms with E-state index in [0.717, 1.165) is 19.6 Å². The van der Waals surface area contributed by atoms with E-state index < -0.39 is 0 Å². The number of aromatic amines is 3. The smallest absolute Gasteiger partial charge is 0.241 e. The van der Waals surface area contributed by atoms with Crippen LogP contribution in [0.4, 0.5) is 0 Å². The maximum absolute atomic E-state index is 3.11. The van der Waals surface area contributed by atoms with Gasteiger partial charge in [0.2, 0.25) is 19.0 Å². The molecule has 3 atom stereocenters. The van der Waals surface area contributed by atoms with Crippen LogP contribution in [0.5, 0.6) is 0 Å². The molecule has 0 saturated heterocycles. The molecule has 6 rings (SSSR count). The first kappa shape index (κ1) is 47.3. The summed E-state index contributed by atoms with van der Waals surface area (Å²) in [5.74, 6) is 0. The Labute approximate surface area is 360 Å². The monoisotopic (exact) mass is 1030 g/mol. The lowest BCUT2D eigenvalue weighted by Crippen LogP contribution is -3.00.